The molecule has 0 aromatic heterocycles. The van der Waals surface area contributed by atoms with E-state index >= 15 is 0 Å². The van der Waals surface area contributed by atoms with Gasteiger partial charge in [0.05, 0.1) is 0 Å². The normalized spacial score (nSPS) is 15.3. The van der Waals surface area contributed by atoms with E-state index in [0.717, 1.165) is 0 Å². The van der Waals surface area contributed by atoms with Gasteiger partial charge in [-0.05, 0) is 17.8 Å². The zero-order chi connectivity index (χ0) is 11.1. The predicted molar refractivity (Wildman–Crippen MR) is 57.9 cm³/mol. The van der Waals surface area contributed by atoms with Crippen LogP contribution in [0.1, 0.15) is 34.1 Å². The van der Waals surface area contributed by atoms with Gasteiger partial charge in [-0.1, -0.05) is 27.7 Å². The van der Waals surface area contributed by atoms with Gasteiger partial charge in [0.15, 0.2) is 0 Å². The van der Waals surface area contributed by atoms with Gasteiger partial charge in [-0.25, -0.2) is 0 Å². The molecule has 0 aliphatic heterocycles. The summed E-state index contributed by atoms with van der Waals surface area (Å²) < 4.78 is 0. The molecule has 0 fully saturated rings. The zero-order valence-corrected chi connectivity index (χ0v) is 9.71. The molecule has 0 radical (unpaired) electrons. The Balaban J connectivity index is 3.65. The first kappa shape index (κ1) is 13.4. The Labute approximate surface area is 86.9 Å². The van der Waals surface area contributed by atoms with Gasteiger partial charge in [0.25, 0.3) is 0 Å². The predicted octanol–water partition coefficient (Wildman–Crippen LogP) is 1.41. The van der Waals surface area contributed by atoms with E-state index < -0.39 is 0 Å². The molecule has 1 amide bonds. The molecule has 0 heterocycles. The van der Waals surface area contributed by atoms with Gasteiger partial charge in [0.2, 0.25) is 5.91 Å². The van der Waals surface area contributed by atoms with Gasteiger partial charge in [-0.3, -0.25) is 4.79 Å². The van der Waals surface area contributed by atoms with Crippen LogP contribution in [-0.2, 0) is 4.79 Å². The third-order valence-electron chi connectivity index (χ3n) is 2.60. The van der Waals surface area contributed by atoms with Crippen LogP contribution in [0.2, 0.25) is 0 Å². The molecule has 2 N–H and O–H groups in total. The number of aliphatic hydroxyl groups is 1. The van der Waals surface area contributed by atoms with E-state index in [2.05, 4.69) is 26.1 Å². The Morgan fingerprint density at radius 3 is 2.29 bits per heavy atom. The van der Waals surface area contributed by atoms with Crippen LogP contribution in [0.5, 0.6) is 0 Å². The highest BCUT2D eigenvalue weighted by molar-refractivity contribution is 5.76. The van der Waals surface area contributed by atoms with Gasteiger partial charge in [-0.2, -0.15) is 0 Å². The number of carbonyl (C=O) groups is 1. The number of nitrogens with one attached hydrogen (secondary N) is 1. The van der Waals surface area contributed by atoms with Crippen LogP contribution in [-0.4, -0.2) is 24.2 Å². The molecular weight excluding hydrogens is 178 g/mol. The molecule has 2 atom stereocenters. The Morgan fingerprint density at radius 2 is 1.86 bits per heavy atom. The lowest BCUT2D eigenvalue weighted by molar-refractivity contribution is -0.122. The van der Waals surface area contributed by atoms with Gasteiger partial charge in [-0.15, -0.1) is 0 Å². The molecule has 14 heavy (non-hydrogen) atoms. The summed E-state index contributed by atoms with van der Waals surface area (Å²) >= 11 is 0. The molecule has 0 aromatic rings. The van der Waals surface area contributed by atoms with Crippen molar-refractivity contribution < 1.29 is 9.90 Å². The van der Waals surface area contributed by atoms with Crippen LogP contribution in [0, 0.1) is 17.8 Å². The Bertz CT molecular complexity index is 169. The van der Waals surface area contributed by atoms with Gasteiger partial charge in [0.1, 0.15) is 0 Å². The highest BCUT2D eigenvalue weighted by Gasteiger charge is 2.12. The average molecular weight is 201 g/mol. The number of carbonyl (C=O) groups excluding carboxylic acids is 1. The second-order valence-electron chi connectivity index (χ2n) is 4.52. The van der Waals surface area contributed by atoms with Crippen LogP contribution in [0.15, 0.2) is 0 Å². The Morgan fingerprint density at radius 1 is 1.29 bits per heavy atom. The molecular formula is C11H23NO2. The van der Waals surface area contributed by atoms with Crippen molar-refractivity contribution in [2.75, 3.05) is 13.2 Å². The van der Waals surface area contributed by atoms with Crippen molar-refractivity contribution in [1.82, 2.24) is 5.32 Å². The molecule has 0 saturated heterocycles. The third kappa shape index (κ3) is 5.97. The first-order valence-corrected chi connectivity index (χ1v) is 5.34. The molecule has 0 aliphatic carbocycles. The summed E-state index contributed by atoms with van der Waals surface area (Å²) in [6.07, 6.45) is 0.579. The molecule has 84 valence electrons. The van der Waals surface area contributed by atoms with Crippen LogP contribution in [0.25, 0.3) is 0 Å². The topological polar surface area (TPSA) is 49.3 Å². The lowest BCUT2D eigenvalue weighted by atomic mass is 9.94. The van der Waals surface area contributed by atoms with Crippen LogP contribution in [0.3, 0.4) is 0 Å². The maximum Gasteiger partial charge on any atom is 0.220 e. The lowest BCUT2D eigenvalue weighted by Crippen LogP contribution is -2.31. The minimum Gasteiger partial charge on any atom is -0.396 e. The molecule has 0 bridgehead atoms. The van der Waals surface area contributed by atoms with E-state index in [9.17, 15) is 4.79 Å². The number of aliphatic hydroxyl groups excluding tert-OH is 1. The molecule has 0 saturated carbocycles. The number of hydrogen-bond donors (Lipinski definition) is 2. The fourth-order valence-corrected chi connectivity index (χ4v) is 0.953. The summed E-state index contributed by atoms with van der Waals surface area (Å²) in [4.78, 5) is 11.4. The summed E-state index contributed by atoms with van der Waals surface area (Å²) in [5, 5.41) is 11.6. The van der Waals surface area contributed by atoms with E-state index in [0.29, 0.717) is 24.8 Å². The first-order chi connectivity index (χ1) is 6.47. The van der Waals surface area contributed by atoms with Crippen molar-refractivity contribution in [3.05, 3.63) is 0 Å². The van der Waals surface area contributed by atoms with E-state index in [-0.39, 0.29) is 18.4 Å². The van der Waals surface area contributed by atoms with Crippen molar-refractivity contribution in [2.45, 2.75) is 34.1 Å². The minimum absolute atomic E-state index is 0.0894. The molecule has 3 nitrogen and oxygen atoms in total. The van der Waals surface area contributed by atoms with Gasteiger partial charge < -0.3 is 10.4 Å². The molecule has 0 spiro atoms. The first-order valence-electron chi connectivity index (χ1n) is 5.34. The van der Waals surface area contributed by atoms with Crippen LogP contribution in [0.4, 0.5) is 0 Å². The zero-order valence-electron chi connectivity index (χ0n) is 9.71. The summed E-state index contributed by atoms with van der Waals surface area (Å²) in [5.74, 6) is 1.19. The maximum atomic E-state index is 11.4. The van der Waals surface area contributed by atoms with Crippen LogP contribution >= 0.6 is 0 Å². The van der Waals surface area contributed by atoms with Crippen molar-refractivity contribution in [2.24, 2.45) is 17.8 Å². The van der Waals surface area contributed by atoms with Crippen molar-refractivity contribution in [3.8, 4) is 0 Å². The fraction of sp³-hybridized carbons (Fsp3) is 0.909. The monoisotopic (exact) mass is 201 g/mol. The summed E-state index contributed by atoms with van der Waals surface area (Å²) in [5.41, 5.74) is 0. The van der Waals surface area contributed by atoms with Crippen molar-refractivity contribution >= 4 is 5.91 Å². The van der Waals surface area contributed by atoms with Crippen molar-refractivity contribution in [1.29, 1.82) is 0 Å². The lowest BCUT2D eigenvalue weighted by Gasteiger charge is -2.16. The largest absolute Gasteiger partial charge is 0.396 e. The van der Waals surface area contributed by atoms with E-state index in [4.69, 9.17) is 5.11 Å². The molecule has 0 aromatic carbocycles. The smallest absolute Gasteiger partial charge is 0.220 e. The maximum absolute atomic E-state index is 11.4. The van der Waals surface area contributed by atoms with Crippen LogP contribution < -0.4 is 5.32 Å². The van der Waals surface area contributed by atoms with E-state index in [1.54, 1.807) is 0 Å². The Hall–Kier alpha value is -0.570. The molecule has 0 rings (SSSR count). The van der Waals surface area contributed by atoms with E-state index in [1.165, 1.54) is 0 Å². The Kier molecular flexibility index (Phi) is 6.54. The second kappa shape index (κ2) is 6.82. The quantitative estimate of drug-likeness (QED) is 0.682. The van der Waals surface area contributed by atoms with Crippen molar-refractivity contribution in [3.63, 3.8) is 0 Å². The fourth-order valence-electron chi connectivity index (χ4n) is 0.953. The SMILES string of the molecule is CC(CO)CNC(=O)CC(C)C(C)C. The summed E-state index contributed by atoms with van der Waals surface area (Å²) in [6.45, 7) is 8.93. The van der Waals surface area contributed by atoms with Gasteiger partial charge in [0, 0.05) is 19.6 Å². The second-order valence-corrected chi connectivity index (χ2v) is 4.52. The molecule has 2 unspecified atom stereocenters. The minimum atomic E-state index is 0.0894. The number of rotatable bonds is 6. The summed E-state index contributed by atoms with van der Waals surface area (Å²) in [7, 11) is 0. The highest BCUT2D eigenvalue weighted by Crippen LogP contribution is 2.13. The standard InChI is InChI=1S/C11H23NO2/c1-8(2)10(4)5-11(14)12-6-9(3)7-13/h8-10,13H,5-7H2,1-4H3,(H,12,14). The third-order valence-corrected chi connectivity index (χ3v) is 2.60. The summed E-state index contributed by atoms with van der Waals surface area (Å²) in [6, 6.07) is 0. The van der Waals surface area contributed by atoms with Gasteiger partial charge >= 0.3 is 0 Å². The number of amides is 1. The molecule has 0 aliphatic rings. The highest BCUT2D eigenvalue weighted by atomic mass is 16.3. The average Bonchev–Trinajstić information content (AvgIpc) is 2.13. The number of hydrogen-bond acceptors (Lipinski definition) is 2. The molecule has 3 heteroatoms. The van der Waals surface area contributed by atoms with E-state index in [1.807, 2.05) is 6.92 Å².